The molecule has 0 radical (unpaired) electrons. The maximum Gasteiger partial charge on any atom is 0.159 e. The summed E-state index contributed by atoms with van der Waals surface area (Å²) in [5.41, 5.74) is 2.29. The largest absolute Gasteiger partial charge is 0.490 e. The van der Waals surface area contributed by atoms with Gasteiger partial charge in [-0.25, -0.2) is 18.7 Å². The Morgan fingerprint density at radius 1 is 0.800 bits per heavy atom. The highest BCUT2D eigenvalue weighted by atomic mass is 19.2. The number of hydrogen-bond acceptors (Lipinski definition) is 3. The molecule has 0 aliphatic heterocycles. The molecule has 1 heterocycles. The molecule has 3 nitrogen and oxygen atoms in total. The smallest absolute Gasteiger partial charge is 0.159 e. The second kappa shape index (κ2) is 14.1. The third-order valence-corrected chi connectivity index (χ3v) is 5.28. The first-order chi connectivity index (χ1) is 14.6. The predicted octanol–water partition coefficient (Wildman–Crippen LogP) is 7.29. The Hall–Kier alpha value is -2.04. The normalized spacial score (nSPS) is 13.2. The minimum Gasteiger partial charge on any atom is -0.490 e. The fraction of sp³-hybridized carbons (Fsp3) is 0.600. The summed E-state index contributed by atoms with van der Waals surface area (Å²) >= 11 is 0. The molecule has 1 aromatic heterocycles. The molecule has 0 spiro atoms. The number of ether oxygens (including phenoxy) is 1. The van der Waals surface area contributed by atoms with Crippen LogP contribution in [0.25, 0.3) is 11.4 Å². The van der Waals surface area contributed by atoms with Gasteiger partial charge in [-0.05, 0) is 24.8 Å². The van der Waals surface area contributed by atoms with Gasteiger partial charge in [0.05, 0.1) is 19.0 Å². The first-order valence-electron chi connectivity index (χ1n) is 11.5. The minimum atomic E-state index is -1.49. The van der Waals surface area contributed by atoms with E-state index in [9.17, 15) is 8.78 Å². The van der Waals surface area contributed by atoms with Crippen molar-refractivity contribution in [1.82, 2.24) is 9.97 Å². The lowest BCUT2D eigenvalue weighted by atomic mass is 10.0. The molecule has 0 N–H and O–H groups in total. The summed E-state index contributed by atoms with van der Waals surface area (Å²) in [6.07, 6.45) is 10.1. The van der Waals surface area contributed by atoms with Crippen LogP contribution in [0.5, 0.6) is 5.75 Å². The lowest BCUT2D eigenvalue weighted by Gasteiger charge is -2.13. The standard InChI is InChI=1S/C25H36F2N2O/c1-3-5-6-7-8-9-11-20-12-14-21(15-13-20)25-28-18-22(19-29-25)30-17-16-24(27)23(26)10-4-2/h12-15,18-19,23-24H,3-11,16-17H2,1-2H3. The van der Waals surface area contributed by atoms with Crippen LogP contribution in [-0.4, -0.2) is 28.9 Å². The van der Waals surface area contributed by atoms with Crippen LogP contribution < -0.4 is 4.74 Å². The van der Waals surface area contributed by atoms with Crippen molar-refractivity contribution in [3.8, 4) is 17.1 Å². The Kier molecular flexibility index (Phi) is 11.3. The summed E-state index contributed by atoms with van der Waals surface area (Å²) in [5, 5.41) is 0. The van der Waals surface area contributed by atoms with Gasteiger partial charge in [-0.1, -0.05) is 76.6 Å². The SMILES string of the molecule is CCCCCCCCc1ccc(-c2ncc(OCCC(F)C(F)CCC)cn2)cc1. The van der Waals surface area contributed by atoms with Crippen molar-refractivity contribution in [2.75, 3.05) is 6.61 Å². The zero-order valence-corrected chi connectivity index (χ0v) is 18.5. The summed E-state index contributed by atoms with van der Waals surface area (Å²) in [5.74, 6) is 1.10. The maximum absolute atomic E-state index is 13.7. The average Bonchev–Trinajstić information content (AvgIpc) is 2.77. The molecule has 2 aromatic rings. The molecule has 30 heavy (non-hydrogen) atoms. The first-order valence-corrected chi connectivity index (χ1v) is 11.5. The summed E-state index contributed by atoms with van der Waals surface area (Å²) < 4.78 is 32.6. The van der Waals surface area contributed by atoms with Crippen LogP contribution in [0, 0.1) is 0 Å². The number of unbranched alkanes of at least 4 members (excludes halogenated alkanes) is 5. The second-order valence-corrected chi connectivity index (χ2v) is 7.91. The molecular weight excluding hydrogens is 382 g/mol. The van der Waals surface area contributed by atoms with Crippen molar-refractivity contribution < 1.29 is 13.5 Å². The van der Waals surface area contributed by atoms with Crippen molar-refractivity contribution in [1.29, 1.82) is 0 Å². The van der Waals surface area contributed by atoms with Crippen molar-refractivity contribution in [2.45, 2.75) is 90.4 Å². The number of nitrogens with zero attached hydrogens (tertiary/aromatic N) is 2. The number of aryl methyl sites for hydroxylation is 1. The van der Waals surface area contributed by atoms with Crippen molar-refractivity contribution >= 4 is 0 Å². The third-order valence-electron chi connectivity index (χ3n) is 5.28. The molecule has 0 bridgehead atoms. The Morgan fingerprint density at radius 2 is 1.43 bits per heavy atom. The number of aromatic nitrogens is 2. The Labute approximate surface area is 180 Å². The van der Waals surface area contributed by atoms with E-state index in [1.807, 2.05) is 19.1 Å². The van der Waals surface area contributed by atoms with Gasteiger partial charge in [0.15, 0.2) is 11.6 Å². The summed E-state index contributed by atoms with van der Waals surface area (Å²) in [6, 6.07) is 8.37. The molecule has 0 fully saturated rings. The van der Waals surface area contributed by atoms with E-state index >= 15 is 0 Å². The second-order valence-electron chi connectivity index (χ2n) is 7.91. The van der Waals surface area contributed by atoms with Crippen LogP contribution in [-0.2, 0) is 6.42 Å². The Morgan fingerprint density at radius 3 is 2.10 bits per heavy atom. The van der Waals surface area contributed by atoms with E-state index in [-0.39, 0.29) is 19.4 Å². The van der Waals surface area contributed by atoms with E-state index in [2.05, 4.69) is 29.0 Å². The molecule has 2 rings (SSSR count). The quantitative estimate of drug-likeness (QED) is 0.285. The lowest BCUT2D eigenvalue weighted by Crippen LogP contribution is -2.19. The van der Waals surface area contributed by atoms with Gasteiger partial charge in [0, 0.05) is 12.0 Å². The molecule has 0 aliphatic carbocycles. The molecule has 0 saturated heterocycles. The molecule has 0 aliphatic rings. The zero-order valence-electron chi connectivity index (χ0n) is 18.5. The van der Waals surface area contributed by atoms with Gasteiger partial charge in [0.25, 0.3) is 0 Å². The van der Waals surface area contributed by atoms with Crippen LogP contribution in [0.3, 0.4) is 0 Å². The Balaban J connectivity index is 1.75. The van der Waals surface area contributed by atoms with E-state index in [1.54, 1.807) is 12.4 Å². The fourth-order valence-electron chi connectivity index (χ4n) is 3.40. The molecule has 166 valence electrons. The average molecular weight is 419 g/mol. The molecule has 5 heteroatoms. The van der Waals surface area contributed by atoms with Crippen LogP contribution in [0.2, 0.25) is 0 Å². The van der Waals surface area contributed by atoms with E-state index < -0.39 is 12.3 Å². The number of benzene rings is 1. The van der Waals surface area contributed by atoms with Gasteiger partial charge in [-0.3, -0.25) is 0 Å². The van der Waals surface area contributed by atoms with Crippen LogP contribution in [0.1, 0.15) is 77.2 Å². The van der Waals surface area contributed by atoms with Gasteiger partial charge in [-0.2, -0.15) is 0 Å². The van der Waals surface area contributed by atoms with E-state index in [0.29, 0.717) is 18.0 Å². The highest BCUT2D eigenvalue weighted by Crippen LogP contribution is 2.19. The summed E-state index contributed by atoms with van der Waals surface area (Å²) in [6.45, 7) is 4.20. The highest BCUT2D eigenvalue weighted by molar-refractivity contribution is 5.55. The predicted molar refractivity (Wildman–Crippen MR) is 119 cm³/mol. The van der Waals surface area contributed by atoms with Gasteiger partial charge in [0.1, 0.15) is 12.3 Å². The Bertz CT molecular complexity index is 691. The van der Waals surface area contributed by atoms with E-state index in [1.165, 1.54) is 44.1 Å². The van der Waals surface area contributed by atoms with Crippen LogP contribution >= 0.6 is 0 Å². The fourth-order valence-corrected chi connectivity index (χ4v) is 3.40. The monoisotopic (exact) mass is 418 g/mol. The lowest BCUT2D eigenvalue weighted by molar-refractivity contribution is 0.129. The van der Waals surface area contributed by atoms with Crippen molar-refractivity contribution in [3.63, 3.8) is 0 Å². The highest BCUT2D eigenvalue weighted by Gasteiger charge is 2.19. The topological polar surface area (TPSA) is 35.0 Å². The molecule has 2 atom stereocenters. The van der Waals surface area contributed by atoms with Crippen LogP contribution in [0.4, 0.5) is 8.78 Å². The van der Waals surface area contributed by atoms with E-state index in [4.69, 9.17) is 4.74 Å². The molecule has 0 amide bonds. The van der Waals surface area contributed by atoms with E-state index in [0.717, 1.165) is 12.0 Å². The molecule has 0 saturated carbocycles. The summed E-state index contributed by atoms with van der Waals surface area (Å²) in [7, 11) is 0. The third kappa shape index (κ3) is 8.76. The maximum atomic E-state index is 13.7. The van der Waals surface area contributed by atoms with Gasteiger partial charge < -0.3 is 4.74 Å². The molecular formula is C25H36F2N2O. The van der Waals surface area contributed by atoms with Gasteiger partial charge in [0.2, 0.25) is 0 Å². The summed E-state index contributed by atoms with van der Waals surface area (Å²) in [4.78, 5) is 8.68. The zero-order chi connectivity index (χ0) is 21.6. The first kappa shape index (κ1) is 24.2. The number of rotatable bonds is 15. The van der Waals surface area contributed by atoms with Crippen LogP contribution in [0.15, 0.2) is 36.7 Å². The molecule has 1 aromatic carbocycles. The van der Waals surface area contributed by atoms with Crippen molar-refractivity contribution in [2.24, 2.45) is 0 Å². The number of alkyl halides is 2. The van der Waals surface area contributed by atoms with Gasteiger partial charge >= 0.3 is 0 Å². The number of hydrogen-bond donors (Lipinski definition) is 0. The molecule has 2 unspecified atom stereocenters. The van der Waals surface area contributed by atoms with Crippen molar-refractivity contribution in [3.05, 3.63) is 42.2 Å². The number of halogens is 2. The minimum absolute atomic E-state index is 0.0307. The van der Waals surface area contributed by atoms with Gasteiger partial charge in [-0.15, -0.1) is 0 Å².